The van der Waals surface area contributed by atoms with Crippen molar-refractivity contribution in [3.63, 3.8) is 0 Å². The minimum atomic E-state index is -0.657. The van der Waals surface area contributed by atoms with E-state index in [2.05, 4.69) is 0 Å². The third-order valence-corrected chi connectivity index (χ3v) is 5.56. The van der Waals surface area contributed by atoms with E-state index in [9.17, 15) is 28.7 Å². The number of aromatic nitrogens is 2. The summed E-state index contributed by atoms with van der Waals surface area (Å²) >= 11 is 0. The molecule has 1 fully saturated rings. The molecule has 1 N–H and O–H groups in total. The molecule has 0 radical (unpaired) electrons. The Bertz CT molecular complexity index is 1390. The number of hydrogen-bond acceptors (Lipinski definition) is 5. The van der Waals surface area contributed by atoms with Gasteiger partial charge in [-0.2, -0.15) is 0 Å². The van der Waals surface area contributed by atoms with E-state index in [1.165, 1.54) is 35.9 Å². The van der Waals surface area contributed by atoms with Gasteiger partial charge < -0.3 is 5.11 Å². The first-order valence-corrected chi connectivity index (χ1v) is 9.73. The number of aliphatic hydroxyl groups is 1. The number of ketones is 2. The van der Waals surface area contributed by atoms with Crippen LogP contribution in [0.2, 0.25) is 0 Å². The smallest absolute Gasteiger partial charge is 0.335 e. The highest BCUT2D eigenvalue weighted by atomic mass is 19.1. The molecule has 31 heavy (non-hydrogen) atoms. The minimum Gasteiger partial charge on any atom is -0.506 e. The van der Waals surface area contributed by atoms with E-state index >= 15 is 0 Å². The average molecular weight is 422 g/mol. The van der Waals surface area contributed by atoms with Crippen molar-refractivity contribution in [3.05, 3.63) is 79.8 Å². The molecule has 1 heterocycles. The Hall–Kier alpha value is -3.81. The van der Waals surface area contributed by atoms with Crippen molar-refractivity contribution >= 4 is 28.2 Å². The van der Waals surface area contributed by atoms with Gasteiger partial charge in [0.05, 0.1) is 16.6 Å². The molecule has 0 spiro atoms. The fourth-order valence-corrected chi connectivity index (χ4v) is 3.89. The minimum absolute atomic E-state index is 0.179. The molecule has 0 aliphatic heterocycles. The van der Waals surface area contributed by atoms with Crippen LogP contribution in [0, 0.1) is 12.7 Å². The number of rotatable bonds is 2. The van der Waals surface area contributed by atoms with E-state index in [0.717, 1.165) is 16.7 Å². The first-order valence-electron chi connectivity index (χ1n) is 9.73. The Morgan fingerprint density at radius 1 is 1.00 bits per heavy atom. The molecule has 3 aromatic rings. The first kappa shape index (κ1) is 20.5. The van der Waals surface area contributed by atoms with Crippen LogP contribution in [0.25, 0.3) is 22.3 Å². The van der Waals surface area contributed by atoms with Crippen LogP contribution in [-0.4, -0.2) is 25.8 Å². The number of allylic oxidation sites excluding steroid dienone is 1. The number of fused-ring (bicyclic) bond motifs is 1. The molecule has 0 bridgehead atoms. The van der Waals surface area contributed by atoms with E-state index in [4.69, 9.17) is 0 Å². The van der Waals surface area contributed by atoms with Gasteiger partial charge in [0.15, 0.2) is 11.6 Å². The lowest BCUT2D eigenvalue weighted by molar-refractivity contribution is -0.123. The van der Waals surface area contributed by atoms with Gasteiger partial charge in [-0.15, -0.1) is 0 Å². The number of aryl methyl sites for hydroxylation is 2. The fraction of sp³-hybridized carbons (Fsp3) is 0.217. The van der Waals surface area contributed by atoms with Gasteiger partial charge in [-0.1, -0.05) is 0 Å². The Morgan fingerprint density at radius 2 is 1.61 bits per heavy atom. The quantitative estimate of drug-likeness (QED) is 0.389. The Balaban J connectivity index is 2.00. The lowest BCUT2D eigenvalue weighted by atomic mass is 9.89. The van der Waals surface area contributed by atoms with Crippen LogP contribution in [0.1, 0.15) is 30.4 Å². The van der Waals surface area contributed by atoms with Crippen LogP contribution in [0.5, 0.6) is 0 Å². The maximum absolute atomic E-state index is 13.3. The second-order valence-corrected chi connectivity index (χ2v) is 7.57. The van der Waals surface area contributed by atoms with E-state index in [1.807, 2.05) is 0 Å². The highest BCUT2D eigenvalue weighted by Gasteiger charge is 2.28. The lowest BCUT2D eigenvalue weighted by Crippen LogP contribution is -2.38. The third-order valence-electron chi connectivity index (χ3n) is 5.56. The Labute approximate surface area is 175 Å². The Morgan fingerprint density at radius 3 is 2.23 bits per heavy atom. The maximum atomic E-state index is 13.3. The van der Waals surface area contributed by atoms with Crippen LogP contribution in [-0.2, 0) is 16.6 Å². The van der Waals surface area contributed by atoms with Gasteiger partial charge in [0.25, 0.3) is 5.56 Å². The van der Waals surface area contributed by atoms with E-state index < -0.39 is 34.4 Å². The van der Waals surface area contributed by atoms with Crippen molar-refractivity contribution in [3.8, 4) is 5.69 Å². The van der Waals surface area contributed by atoms with Crippen LogP contribution in [0.4, 0.5) is 4.39 Å². The molecule has 7 nitrogen and oxygen atoms in total. The molecule has 4 rings (SSSR count). The molecule has 158 valence electrons. The summed E-state index contributed by atoms with van der Waals surface area (Å²) in [4.78, 5) is 50.5. The normalized spacial score (nSPS) is 14.4. The number of halogens is 1. The van der Waals surface area contributed by atoms with E-state index in [-0.39, 0.29) is 40.6 Å². The number of aliphatic hydroxyl groups excluding tert-OH is 1. The summed E-state index contributed by atoms with van der Waals surface area (Å²) in [6.45, 7) is 1.64. The lowest BCUT2D eigenvalue weighted by Gasteiger charge is -2.17. The van der Waals surface area contributed by atoms with Crippen LogP contribution < -0.4 is 11.2 Å². The monoisotopic (exact) mass is 422 g/mol. The molecule has 2 aromatic carbocycles. The molecular formula is C23H19FN2O5. The van der Waals surface area contributed by atoms with Gasteiger partial charge in [0, 0.05) is 25.5 Å². The van der Waals surface area contributed by atoms with Crippen molar-refractivity contribution in [2.24, 2.45) is 7.05 Å². The number of nitrogens with zero attached hydrogens (tertiary/aromatic N) is 2. The zero-order valence-electron chi connectivity index (χ0n) is 16.9. The summed E-state index contributed by atoms with van der Waals surface area (Å²) in [6, 6.07) is 7.91. The molecule has 0 unspecified atom stereocenters. The predicted molar refractivity (Wildman–Crippen MR) is 113 cm³/mol. The van der Waals surface area contributed by atoms with Gasteiger partial charge in [-0.25, -0.2) is 13.8 Å². The van der Waals surface area contributed by atoms with E-state index in [0.29, 0.717) is 12.0 Å². The summed E-state index contributed by atoms with van der Waals surface area (Å²) in [7, 11) is 1.46. The summed E-state index contributed by atoms with van der Waals surface area (Å²) in [5.74, 6) is -1.78. The van der Waals surface area contributed by atoms with E-state index in [1.54, 1.807) is 6.92 Å². The van der Waals surface area contributed by atoms with Crippen LogP contribution in [0.15, 0.2) is 51.6 Å². The molecule has 1 aliphatic rings. The van der Waals surface area contributed by atoms with Gasteiger partial charge >= 0.3 is 5.69 Å². The number of carbonyl (C=O) groups excluding carboxylic acids is 2. The van der Waals surface area contributed by atoms with Crippen LogP contribution in [0.3, 0.4) is 0 Å². The van der Waals surface area contributed by atoms with Gasteiger partial charge in [-0.3, -0.25) is 19.0 Å². The van der Waals surface area contributed by atoms with Crippen molar-refractivity contribution in [1.29, 1.82) is 0 Å². The van der Waals surface area contributed by atoms with Crippen molar-refractivity contribution < 1.29 is 19.1 Å². The fourth-order valence-electron chi connectivity index (χ4n) is 3.89. The number of Topliss-reactive ketones (excluding diaryl/α,β-unsaturated/α-hetero) is 2. The van der Waals surface area contributed by atoms with Crippen LogP contribution >= 0.6 is 0 Å². The molecule has 0 amide bonds. The maximum Gasteiger partial charge on any atom is 0.335 e. The highest BCUT2D eigenvalue weighted by molar-refractivity contribution is 6.25. The summed E-state index contributed by atoms with van der Waals surface area (Å²) in [6.07, 6.45) is 0.805. The van der Waals surface area contributed by atoms with Gasteiger partial charge in [-0.05, 0) is 55.3 Å². The van der Waals surface area contributed by atoms with Gasteiger partial charge in [0.2, 0.25) is 0 Å². The number of hydrogen-bond donors (Lipinski definition) is 1. The average Bonchev–Trinajstić information content (AvgIpc) is 2.73. The molecule has 8 heteroatoms. The van der Waals surface area contributed by atoms with Crippen molar-refractivity contribution in [2.45, 2.75) is 26.2 Å². The number of benzene rings is 2. The molecular weight excluding hydrogens is 403 g/mol. The zero-order chi connectivity index (χ0) is 22.4. The van der Waals surface area contributed by atoms with Gasteiger partial charge in [0.1, 0.15) is 17.1 Å². The zero-order valence-corrected chi connectivity index (χ0v) is 16.9. The van der Waals surface area contributed by atoms with Crippen molar-refractivity contribution in [1.82, 2.24) is 9.13 Å². The molecule has 1 aromatic heterocycles. The highest BCUT2D eigenvalue weighted by Crippen LogP contribution is 2.28. The summed E-state index contributed by atoms with van der Waals surface area (Å²) < 4.78 is 15.4. The summed E-state index contributed by atoms with van der Waals surface area (Å²) in [5.41, 5.74) is -0.369. The Kier molecular flexibility index (Phi) is 4.93. The molecule has 1 aliphatic carbocycles. The topological polar surface area (TPSA) is 98.4 Å². The molecule has 0 saturated heterocycles. The first-order chi connectivity index (χ1) is 14.7. The standard InChI is InChI=1S/C23H19FN2O5/c1-12-10-16-17(11-15(12)21(29)20-18(27)4-3-5-19(20)28)25(2)23(31)26(22(16)30)14-8-6-13(24)7-9-14/h6-11,29H,3-5H2,1-2H3. The summed E-state index contributed by atoms with van der Waals surface area (Å²) in [5, 5.41) is 10.9. The number of carbonyl (C=O) groups is 2. The predicted octanol–water partition coefficient (Wildman–Crippen LogP) is 2.73. The third kappa shape index (κ3) is 3.30. The SMILES string of the molecule is Cc1cc2c(=O)n(-c3ccc(F)cc3)c(=O)n(C)c2cc1C(O)=C1C(=O)CCCC1=O. The van der Waals surface area contributed by atoms with Crippen molar-refractivity contribution in [2.75, 3.05) is 0 Å². The second-order valence-electron chi connectivity index (χ2n) is 7.57. The second kappa shape index (κ2) is 7.46. The molecule has 1 saturated carbocycles. The largest absolute Gasteiger partial charge is 0.506 e. The molecule has 0 atom stereocenters.